The molecule has 3 aliphatic heterocycles. The molecule has 3 aliphatic rings. The number of Topliss-reactive ketones (excluding diaryl/α,β-unsaturated/α-hetero) is 2. The Kier molecular flexibility index (Phi) is 5.55. The molecule has 1 amide bonds. The van der Waals surface area contributed by atoms with Gasteiger partial charge in [0.2, 0.25) is 5.91 Å². The number of carbonyl (C=O) groups excluding carboxylic acids is 3. The van der Waals surface area contributed by atoms with Crippen LogP contribution in [0.5, 0.6) is 0 Å². The maximum atomic E-state index is 14.7. The molecule has 3 heterocycles. The zero-order valence-corrected chi connectivity index (χ0v) is 22.4. The molecule has 0 bridgehead atoms. The van der Waals surface area contributed by atoms with Crippen molar-refractivity contribution in [2.75, 3.05) is 10.2 Å². The molecular formula is C34H25ClN2O3. The molecule has 0 saturated carbocycles. The van der Waals surface area contributed by atoms with Crippen LogP contribution in [-0.2, 0) is 10.2 Å². The molecule has 40 heavy (non-hydrogen) atoms. The SMILES string of the molecule is Cc1ccc(C(=O)[C@@H]2[C@H](C(=O)c3ccccc3)N3c4ccc(Cl)cc4C=C[C@@H]3[C@]23C(=O)Nc2ccccc23)cc1. The summed E-state index contributed by atoms with van der Waals surface area (Å²) in [4.78, 5) is 45.6. The van der Waals surface area contributed by atoms with E-state index in [1.54, 1.807) is 30.3 Å². The normalized spacial score (nSPS) is 23.9. The lowest BCUT2D eigenvalue weighted by molar-refractivity contribution is -0.121. The molecule has 196 valence electrons. The summed E-state index contributed by atoms with van der Waals surface area (Å²) < 4.78 is 0. The van der Waals surface area contributed by atoms with Gasteiger partial charge in [-0.1, -0.05) is 102 Å². The molecule has 1 N–H and O–H groups in total. The number of amides is 1. The highest BCUT2D eigenvalue weighted by atomic mass is 35.5. The highest BCUT2D eigenvalue weighted by molar-refractivity contribution is 6.31. The van der Waals surface area contributed by atoms with E-state index in [-0.39, 0.29) is 17.5 Å². The monoisotopic (exact) mass is 544 g/mol. The van der Waals surface area contributed by atoms with Gasteiger partial charge in [0.25, 0.3) is 0 Å². The number of halogens is 1. The highest BCUT2D eigenvalue weighted by Crippen LogP contribution is 2.58. The van der Waals surface area contributed by atoms with Crippen LogP contribution in [-0.4, -0.2) is 29.6 Å². The molecule has 0 radical (unpaired) electrons. The number of hydrogen-bond donors (Lipinski definition) is 1. The minimum absolute atomic E-state index is 0.207. The van der Waals surface area contributed by atoms with Crippen LogP contribution in [0.4, 0.5) is 11.4 Å². The van der Waals surface area contributed by atoms with E-state index in [9.17, 15) is 14.4 Å². The summed E-state index contributed by atoms with van der Waals surface area (Å²) in [6, 6.07) is 27.8. The fraction of sp³-hybridized carbons (Fsp3) is 0.147. The van der Waals surface area contributed by atoms with Crippen LogP contribution in [0.1, 0.15) is 37.4 Å². The summed E-state index contributed by atoms with van der Waals surface area (Å²) >= 11 is 6.36. The Hall–Kier alpha value is -4.48. The molecule has 1 spiro atoms. The van der Waals surface area contributed by atoms with Crippen molar-refractivity contribution < 1.29 is 14.4 Å². The lowest BCUT2D eigenvalue weighted by atomic mass is 9.64. The number of ketones is 2. The third kappa shape index (κ3) is 3.37. The number of rotatable bonds is 4. The van der Waals surface area contributed by atoms with E-state index in [0.29, 0.717) is 21.8 Å². The molecule has 0 unspecified atom stereocenters. The van der Waals surface area contributed by atoms with Gasteiger partial charge in [-0.15, -0.1) is 0 Å². The second-order valence-corrected chi connectivity index (χ2v) is 11.1. The van der Waals surface area contributed by atoms with Gasteiger partial charge in [0.1, 0.15) is 11.5 Å². The third-order valence-corrected chi connectivity index (χ3v) is 8.78. The lowest BCUT2D eigenvalue weighted by Crippen LogP contribution is -2.51. The van der Waals surface area contributed by atoms with Crippen LogP contribution in [0.3, 0.4) is 0 Å². The summed E-state index contributed by atoms with van der Waals surface area (Å²) in [6.45, 7) is 1.96. The van der Waals surface area contributed by atoms with E-state index in [0.717, 1.165) is 22.4 Å². The Morgan fingerprint density at radius 1 is 0.850 bits per heavy atom. The standard InChI is InChI=1S/C34H25ClN2O3/c1-20-11-13-22(14-12-20)31(38)29-30(32(39)21-7-3-2-4-8-21)37-27-17-16-24(35)19-23(27)15-18-28(37)34(29)25-9-5-6-10-26(25)36-33(34)40/h2-19,28-30H,1H3,(H,36,40)/t28-,29+,30-,34+/m1/s1. The number of nitrogens with one attached hydrogen (secondary N) is 1. The van der Waals surface area contributed by atoms with Gasteiger partial charge in [0.05, 0.1) is 12.0 Å². The van der Waals surface area contributed by atoms with Gasteiger partial charge in [-0.2, -0.15) is 0 Å². The van der Waals surface area contributed by atoms with Crippen molar-refractivity contribution in [1.29, 1.82) is 0 Å². The maximum Gasteiger partial charge on any atom is 0.238 e. The van der Waals surface area contributed by atoms with Crippen LogP contribution < -0.4 is 10.2 Å². The predicted molar refractivity (Wildman–Crippen MR) is 157 cm³/mol. The fourth-order valence-electron chi connectivity index (χ4n) is 6.82. The first kappa shape index (κ1) is 24.6. The summed E-state index contributed by atoms with van der Waals surface area (Å²) in [5.74, 6) is -1.72. The van der Waals surface area contributed by atoms with E-state index in [1.807, 2.05) is 90.7 Å². The van der Waals surface area contributed by atoms with Gasteiger partial charge in [0.15, 0.2) is 11.6 Å². The number of para-hydroxylation sites is 1. The minimum Gasteiger partial charge on any atom is -0.352 e. The van der Waals surface area contributed by atoms with E-state index < -0.39 is 23.4 Å². The average Bonchev–Trinajstić information content (AvgIpc) is 3.45. The Labute approximate surface area is 237 Å². The summed E-state index contributed by atoms with van der Waals surface area (Å²) in [6.07, 6.45) is 3.90. The van der Waals surface area contributed by atoms with Crippen molar-refractivity contribution >= 4 is 46.5 Å². The second-order valence-electron chi connectivity index (χ2n) is 10.7. The van der Waals surface area contributed by atoms with Crippen LogP contribution in [0, 0.1) is 12.8 Å². The predicted octanol–water partition coefficient (Wildman–Crippen LogP) is 6.50. The van der Waals surface area contributed by atoms with Crippen molar-refractivity contribution in [3.05, 3.63) is 136 Å². The average molecular weight is 545 g/mol. The zero-order valence-electron chi connectivity index (χ0n) is 21.7. The first-order chi connectivity index (χ1) is 19.4. The van der Waals surface area contributed by atoms with Gasteiger partial charge in [-0.05, 0) is 42.3 Å². The Bertz CT molecular complexity index is 1730. The number of hydrogen-bond acceptors (Lipinski definition) is 4. The Balaban J connectivity index is 1.54. The number of anilines is 2. The van der Waals surface area contributed by atoms with Gasteiger partial charge >= 0.3 is 0 Å². The quantitative estimate of drug-likeness (QED) is 0.298. The molecule has 7 rings (SSSR count). The second kappa shape index (κ2) is 9.04. The van der Waals surface area contributed by atoms with Gasteiger partial charge in [0, 0.05) is 27.5 Å². The number of nitrogens with zero attached hydrogens (tertiary/aromatic N) is 1. The number of fused-ring (bicyclic) bond motifs is 6. The van der Waals surface area contributed by atoms with Crippen LogP contribution >= 0.6 is 11.6 Å². The van der Waals surface area contributed by atoms with Crippen LogP contribution in [0.2, 0.25) is 5.02 Å². The molecule has 0 aliphatic carbocycles. The lowest BCUT2D eigenvalue weighted by Gasteiger charge is -2.37. The van der Waals surface area contributed by atoms with Gasteiger partial charge in [-0.3, -0.25) is 14.4 Å². The molecule has 1 saturated heterocycles. The zero-order chi connectivity index (χ0) is 27.6. The largest absolute Gasteiger partial charge is 0.352 e. The Morgan fingerprint density at radius 3 is 2.33 bits per heavy atom. The molecule has 6 heteroatoms. The smallest absolute Gasteiger partial charge is 0.238 e. The summed E-state index contributed by atoms with van der Waals surface area (Å²) in [5, 5.41) is 3.62. The first-order valence-electron chi connectivity index (χ1n) is 13.3. The van der Waals surface area contributed by atoms with Crippen molar-refractivity contribution in [3.8, 4) is 0 Å². The van der Waals surface area contributed by atoms with Crippen LogP contribution in [0.15, 0.2) is 103 Å². The van der Waals surface area contributed by atoms with E-state index >= 15 is 0 Å². The molecule has 4 aromatic rings. The minimum atomic E-state index is -1.33. The molecule has 4 aromatic carbocycles. The molecule has 1 fully saturated rings. The van der Waals surface area contributed by atoms with Crippen molar-refractivity contribution in [1.82, 2.24) is 0 Å². The van der Waals surface area contributed by atoms with E-state index in [4.69, 9.17) is 11.6 Å². The highest BCUT2D eigenvalue weighted by Gasteiger charge is 2.70. The number of benzene rings is 4. The van der Waals surface area contributed by atoms with Gasteiger partial charge < -0.3 is 10.2 Å². The summed E-state index contributed by atoms with van der Waals surface area (Å²) in [5.41, 5.74) is 3.64. The van der Waals surface area contributed by atoms with Crippen molar-refractivity contribution in [3.63, 3.8) is 0 Å². The Morgan fingerprint density at radius 2 is 1.55 bits per heavy atom. The number of aryl methyl sites for hydroxylation is 1. The fourth-order valence-corrected chi connectivity index (χ4v) is 7.00. The third-order valence-electron chi connectivity index (χ3n) is 8.54. The first-order valence-corrected chi connectivity index (χ1v) is 13.7. The number of carbonyl (C=O) groups is 3. The topological polar surface area (TPSA) is 66.5 Å². The van der Waals surface area contributed by atoms with Crippen LogP contribution in [0.25, 0.3) is 6.08 Å². The van der Waals surface area contributed by atoms with E-state index in [2.05, 4.69) is 5.32 Å². The van der Waals surface area contributed by atoms with E-state index in [1.165, 1.54) is 0 Å². The molecular weight excluding hydrogens is 520 g/mol. The van der Waals surface area contributed by atoms with Crippen molar-refractivity contribution in [2.45, 2.75) is 24.4 Å². The molecule has 0 aromatic heterocycles. The maximum absolute atomic E-state index is 14.7. The molecule has 5 nitrogen and oxygen atoms in total. The van der Waals surface area contributed by atoms with Gasteiger partial charge in [-0.25, -0.2) is 0 Å². The van der Waals surface area contributed by atoms with Crippen molar-refractivity contribution in [2.24, 2.45) is 5.92 Å². The molecule has 4 atom stereocenters. The summed E-state index contributed by atoms with van der Waals surface area (Å²) in [7, 11) is 0.